The highest BCUT2D eigenvalue weighted by molar-refractivity contribution is 7.10. The number of nitrogens with zero attached hydrogens (tertiary/aromatic N) is 1. The van der Waals surface area contributed by atoms with Crippen molar-refractivity contribution in [1.82, 2.24) is 10.2 Å². The van der Waals surface area contributed by atoms with Gasteiger partial charge in [0, 0.05) is 17.5 Å². The highest BCUT2D eigenvalue weighted by atomic mass is 32.1. The Morgan fingerprint density at radius 1 is 0.974 bits per heavy atom. The normalized spacial score (nSPS) is 14.4. The number of carbonyl (C=O) groups excluding carboxylic acids is 3. The summed E-state index contributed by atoms with van der Waals surface area (Å²) in [6.07, 6.45) is 5.39. The zero-order chi connectivity index (χ0) is 26.9. The molecule has 1 atom stereocenters. The molecule has 0 radical (unpaired) electrons. The molecule has 1 heterocycles. The molecular weight excluding hydrogens is 500 g/mol. The molecule has 0 bridgehead atoms. The number of methoxy groups -OCH3 is 2. The minimum Gasteiger partial charge on any atom is -0.497 e. The number of rotatable bonds is 10. The molecule has 7 nitrogen and oxygen atoms in total. The Bertz CT molecular complexity index is 1200. The molecule has 0 saturated heterocycles. The fourth-order valence-electron chi connectivity index (χ4n) is 4.83. The van der Waals surface area contributed by atoms with Crippen LogP contribution in [0.15, 0.2) is 66.0 Å². The Hall–Kier alpha value is -3.65. The van der Waals surface area contributed by atoms with Gasteiger partial charge in [-0.1, -0.05) is 49.6 Å². The zero-order valence-corrected chi connectivity index (χ0v) is 22.7. The molecule has 200 valence electrons. The van der Waals surface area contributed by atoms with Crippen molar-refractivity contribution in [1.29, 1.82) is 0 Å². The van der Waals surface area contributed by atoms with Crippen LogP contribution in [0.5, 0.6) is 5.75 Å². The Morgan fingerprint density at radius 3 is 2.29 bits per heavy atom. The highest BCUT2D eigenvalue weighted by Gasteiger charge is 2.33. The van der Waals surface area contributed by atoms with E-state index in [1.54, 1.807) is 36.3 Å². The molecule has 0 aliphatic heterocycles. The number of carbonyl (C=O) groups is 3. The molecule has 4 rings (SSSR count). The van der Waals surface area contributed by atoms with Crippen molar-refractivity contribution in [2.75, 3.05) is 14.2 Å². The van der Waals surface area contributed by atoms with E-state index in [0.717, 1.165) is 41.9 Å². The quantitative estimate of drug-likeness (QED) is 0.357. The second-order valence-corrected chi connectivity index (χ2v) is 10.5. The van der Waals surface area contributed by atoms with Crippen molar-refractivity contribution in [3.63, 3.8) is 0 Å². The predicted molar refractivity (Wildman–Crippen MR) is 147 cm³/mol. The van der Waals surface area contributed by atoms with Crippen LogP contribution in [0, 0.1) is 0 Å². The van der Waals surface area contributed by atoms with E-state index in [2.05, 4.69) is 5.32 Å². The fourth-order valence-corrected chi connectivity index (χ4v) is 5.53. The van der Waals surface area contributed by atoms with Crippen LogP contribution in [0.1, 0.15) is 64.5 Å². The molecule has 3 aromatic rings. The highest BCUT2D eigenvalue weighted by Crippen LogP contribution is 2.28. The van der Waals surface area contributed by atoms with Gasteiger partial charge in [0.2, 0.25) is 11.8 Å². The monoisotopic (exact) mass is 534 g/mol. The van der Waals surface area contributed by atoms with Gasteiger partial charge in [0.1, 0.15) is 11.8 Å². The summed E-state index contributed by atoms with van der Waals surface area (Å²) in [4.78, 5) is 42.3. The number of esters is 1. The second kappa shape index (κ2) is 13.2. The van der Waals surface area contributed by atoms with Gasteiger partial charge in [-0.25, -0.2) is 4.79 Å². The van der Waals surface area contributed by atoms with E-state index < -0.39 is 12.0 Å². The average molecular weight is 535 g/mol. The largest absolute Gasteiger partial charge is 0.497 e. The summed E-state index contributed by atoms with van der Waals surface area (Å²) in [6.45, 7) is 0.246. The van der Waals surface area contributed by atoms with E-state index >= 15 is 0 Å². The summed E-state index contributed by atoms with van der Waals surface area (Å²) in [5.41, 5.74) is 1.90. The summed E-state index contributed by atoms with van der Waals surface area (Å²) < 4.78 is 10.1. The molecule has 2 aromatic carbocycles. The van der Waals surface area contributed by atoms with E-state index in [1.807, 2.05) is 41.8 Å². The summed E-state index contributed by atoms with van der Waals surface area (Å²) in [6, 6.07) is 17.3. The van der Waals surface area contributed by atoms with Crippen LogP contribution in [0.3, 0.4) is 0 Å². The van der Waals surface area contributed by atoms with Crippen molar-refractivity contribution in [3.05, 3.63) is 87.6 Å². The Balaban J connectivity index is 1.70. The van der Waals surface area contributed by atoms with Crippen LogP contribution in [-0.2, 0) is 27.3 Å². The maximum Gasteiger partial charge on any atom is 0.337 e. The third kappa shape index (κ3) is 7.01. The summed E-state index contributed by atoms with van der Waals surface area (Å²) in [5.74, 6) is -0.0984. The van der Waals surface area contributed by atoms with Crippen molar-refractivity contribution in [3.8, 4) is 5.75 Å². The molecular formula is C30H34N2O5S. The summed E-state index contributed by atoms with van der Waals surface area (Å²) in [5, 5.41) is 5.16. The third-order valence-corrected chi connectivity index (χ3v) is 7.77. The van der Waals surface area contributed by atoms with E-state index in [9.17, 15) is 14.4 Å². The van der Waals surface area contributed by atoms with Crippen molar-refractivity contribution in [2.45, 2.75) is 57.2 Å². The molecule has 1 unspecified atom stereocenters. The van der Waals surface area contributed by atoms with Crippen molar-refractivity contribution >= 4 is 29.1 Å². The summed E-state index contributed by atoms with van der Waals surface area (Å²) >= 11 is 1.52. The first-order chi connectivity index (χ1) is 18.5. The van der Waals surface area contributed by atoms with Crippen LogP contribution in [0.2, 0.25) is 0 Å². The number of thiophene rings is 1. The van der Waals surface area contributed by atoms with E-state index in [4.69, 9.17) is 9.47 Å². The maximum atomic E-state index is 13.9. The van der Waals surface area contributed by atoms with Crippen LogP contribution in [0.25, 0.3) is 0 Å². The van der Waals surface area contributed by atoms with E-state index in [1.165, 1.54) is 24.9 Å². The van der Waals surface area contributed by atoms with E-state index in [-0.39, 0.29) is 30.8 Å². The first kappa shape index (κ1) is 27.4. The van der Waals surface area contributed by atoms with Gasteiger partial charge in [-0.2, -0.15) is 0 Å². The van der Waals surface area contributed by atoms with Gasteiger partial charge in [0.15, 0.2) is 0 Å². The standard InChI is InChI=1S/C30H34N2O5S/c1-36-25-16-10-21(11-17-25)20-32(27(33)19-26-9-6-18-38-26)28(29(34)31-24-7-4-3-5-8-24)22-12-14-23(15-13-22)30(35)37-2/h6,9-18,24,28H,3-5,7-8,19-20H2,1-2H3,(H,31,34). The lowest BCUT2D eigenvalue weighted by molar-refractivity contribution is -0.141. The van der Waals surface area contributed by atoms with Gasteiger partial charge in [-0.15, -0.1) is 11.3 Å². The molecule has 0 spiro atoms. The minimum absolute atomic E-state index is 0.0864. The minimum atomic E-state index is -0.863. The van der Waals surface area contributed by atoms with Crippen LogP contribution in [-0.4, -0.2) is 42.9 Å². The Labute approximate surface area is 227 Å². The van der Waals surface area contributed by atoms with E-state index in [0.29, 0.717) is 11.1 Å². The molecule has 1 N–H and O–H groups in total. The molecule has 1 aliphatic carbocycles. The average Bonchev–Trinajstić information content (AvgIpc) is 3.46. The van der Waals surface area contributed by atoms with Crippen LogP contribution >= 0.6 is 11.3 Å². The molecule has 8 heteroatoms. The van der Waals surface area contributed by atoms with Crippen LogP contribution in [0.4, 0.5) is 0 Å². The Kier molecular flexibility index (Phi) is 9.54. The number of hydrogen-bond acceptors (Lipinski definition) is 6. The number of benzene rings is 2. The molecule has 1 saturated carbocycles. The van der Waals surface area contributed by atoms with Gasteiger partial charge in [-0.3, -0.25) is 9.59 Å². The number of hydrogen-bond donors (Lipinski definition) is 1. The van der Waals surface area contributed by atoms with Gasteiger partial charge in [0.25, 0.3) is 0 Å². The SMILES string of the molecule is COC(=O)c1ccc(C(C(=O)NC2CCCCC2)N(Cc2ccc(OC)cc2)C(=O)Cc2cccs2)cc1. The molecule has 1 fully saturated rings. The zero-order valence-electron chi connectivity index (χ0n) is 21.9. The van der Waals surface area contributed by atoms with Crippen LogP contribution < -0.4 is 10.1 Å². The lowest BCUT2D eigenvalue weighted by Crippen LogP contribution is -2.47. The van der Waals surface area contributed by atoms with Crippen molar-refractivity contribution in [2.24, 2.45) is 0 Å². The molecule has 1 aromatic heterocycles. The lowest BCUT2D eigenvalue weighted by atomic mass is 9.94. The maximum absolute atomic E-state index is 13.9. The molecule has 2 amide bonds. The molecule has 38 heavy (non-hydrogen) atoms. The smallest absolute Gasteiger partial charge is 0.337 e. The fraction of sp³-hybridized carbons (Fsp3) is 0.367. The first-order valence-electron chi connectivity index (χ1n) is 12.9. The summed E-state index contributed by atoms with van der Waals surface area (Å²) in [7, 11) is 2.94. The third-order valence-electron chi connectivity index (χ3n) is 6.90. The number of amides is 2. The van der Waals surface area contributed by atoms with Gasteiger partial charge in [0.05, 0.1) is 26.2 Å². The first-order valence-corrected chi connectivity index (χ1v) is 13.8. The predicted octanol–water partition coefficient (Wildman–Crippen LogP) is 5.30. The Morgan fingerprint density at radius 2 is 1.68 bits per heavy atom. The van der Waals surface area contributed by atoms with Crippen molar-refractivity contribution < 1.29 is 23.9 Å². The topological polar surface area (TPSA) is 84.9 Å². The van der Waals surface area contributed by atoms with Gasteiger partial charge < -0.3 is 19.7 Å². The second-order valence-electron chi connectivity index (χ2n) is 9.49. The number of ether oxygens (including phenoxy) is 2. The number of nitrogens with one attached hydrogen (secondary N) is 1. The lowest BCUT2D eigenvalue weighted by Gasteiger charge is -2.33. The van der Waals surface area contributed by atoms with Gasteiger partial charge >= 0.3 is 5.97 Å². The molecule has 1 aliphatic rings. The van der Waals surface area contributed by atoms with Gasteiger partial charge in [-0.05, 0) is 59.7 Å².